The van der Waals surface area contributed by atoms with Gasteiger partial charge in [0.15, 0.2) is 0 Å². The first-order valence-corrected chi connectivity index (χ1v) is 14.1. The van der Waals surface area contributed by atoms with Crippen LogP contribution < -0.4 is 0 Å². The highest BCUT2D eigenvalue weighted by atomic mass is 15.0. The fraction of sp³-hybridized carbons (Fsp3) is 0.0789. The third kappa shape index (κ3) is 3.70. The minimum atomic E-state index is 0.975. The average molecular weight is 528 g/mol. The van der Waals surface area contributed by atoms with Crippen molar-refractivity contribution in [2.24, 2.45) is 0 Å². The highest BCUT2D eigenvalue weighted by molar-refractivity contribution is 6.19. The van der Waals surface area contributed by atoms with Crippen molar-refractivity contribution in [3.8, 4) is 22.6 Å². The number of hydrogen-bond acceptors (Lipinski definition) is 1. The molecule has 0 saturated carbocycles. The van der Waals surface area contributed by atoms with Crippen molar-refractivity contribution in [2.75, 3.05) is 0 Å². The van der Waals surface area contributed by atoms with Gasteiger partial charge >= 0.3 is 0 Å². The van der Waals surface area contributed by atoms with Crippen LogP contribution in [0.3, 0.4) is 0 Å². The summed E-state index contributed by atoms with van der Waals surface area (Å²) in [5.74, 6) is 0. The summed E-state index contributed by atoms with van der Waals surface area (Å²) < 4.78 is 4.83. The summed E-state index contributed by atoms with van der Waals surface area (Å²) >= 11 is 0. The molecule has 3 nitrogen and oxygen atoms in total. The molecule has 0 fully saturated rings. The van der Waals surface area contributed by atoms with Crippen LogP contribution in [0.5, 0.6) is 0 Å². The Kier molecular flexibility index (Phi) is 5.17. The quantitative estimate of drug-likeness (QED) is 0.224. The fourth-order valence-corrected chi connectivity index (χ4v) is 6.35. The number of rotatable bonds is 3. The first-order chi connectivity index (χ1) is 20.0. The van der Waals surface area contributed by atoms with E-state index in [1.807, 2.05) is 18.3 Å². The maximum atomic E-state index is 4.62. The van der Waals surface area contributed by atoms with Crippen LogP contribution in [0.25, 0.3) is 66.2 Å². The van der Waals surface area contributed by atoms with Crippen LogP contribution in [0, 0.1) is 20.8 Å². The standard InChI is InChI=1S/C38H29N3/c1-24-10-14-28(15-11-24)40-35-16-12-25(2)19-30(35)32-22-33-31-20-26(3)13-17-36(31)41(38(33)23-37(32)40)29-8-6-7-27(21-29)34-9-4-5-18-39-34/h4-23H,1-3H3. The van der Waals surface area contributed by atoms with E-state index in [1.54, 1.807) is 0 Å². The summed E-state index contributed by atoms with van der Waals surface area (Å²) in [6.07, 6.45) is 1.85. The Hall–Kier alpha value is -5.15. The summed E-state index contributed by atoms with van der Waals surface area (Å²) in [5, 5.41) is 5.10. The summed E-state index contributed by atoms with van der Waals surface area (Å²) in [4.78, 5) is 4.62. The predicted molar refractivity (Wildman–Crippen MR) is 173 cm³/mol. The molecule has 8 rings (SSSR count). The SMILES string of the molecule is Cc1ccc(-n2c3ccc(C)cc3c3cc4c5cc(C)ccc5n(-c5cccc(-c6ccccn6)c5)c4cc32)cc1. The second-order valence-electron chi connectivity index (χ2n) is 11.2. The zero-order valence-corrected chi connectivity index (χ0v) is 23.4. The third-order valence-corrected chi connectivity index (χ3v) is 8.32. The van der Waals surface area contributed by atoms with E-state index in [-0.39, 0.29) is 0 Å². The van der Waals surface area contributed by atoms with Gasteiger partial charge < -0.3 is 9.13 Å². The highest BCUT2D eigenvalue weighted by Gasteiger charge is 2.19. The number of fused-ring (bicyclic) bond motifs is 6. The molecule has 0 atom stereocenters. The number of pyridine rings is 1. The van der Waals surface area contributed by atoms with Crippen LogP contribution in [-0.2, 0) is 0 Å². The Labute approximate surface area is 238 Å². The van der Waals surface area contributed by atoms with Gasteiger partial charge in [-0.1, -0.05) is 59.2 Å². The number of aryl methyl sites for hydroxylation is 3. The van der Waals surface area contributed by atoms with E-state index in [0.29, 0.717) is 0 Å². The largest absolute Gasteiger partial charge is 0.309 e. The molecule has 41 heavy (non-hydrogen) atoms. The monoisotopic (exact) mass is 527 g/mol. The lowest BCUT2D eigenvalue weighted by Gasteiger charge is -2.11. The van der Waals surface area contributed by atoms with Gasteiger partial charge in [0.05, 0.1) is 27.8 Å². The summed E-state index contributed by atoms with van der Waals surface area (Å²) in [5.41, 5.74) is 13.0. The molecule has 0 amide bonds. The lowest BCUT2D eigenvalue weighted by molar-refractivity contribution is 1.16. The van der Waals surface area contributed by atoms with Crippen molar-refractivity contribution < 1.29 is 0 Å². The Morgan fingerprint density at radius 3 is 1.68 bits per heavy atom. The van der Waals surface area contributed by atoms with E-state index in [4.69, 9.17) is 0 Å². The zero-order valence-electron chi connectivity index (χ0n) is 23.4. The van der Waals surface area contributed by atoms with Crippen molar-refractivity contribution in [3.63, 3.8) is 0 Å². The summed E-state index contributed by atoms with van der Waals surface area (Å²) in [7, 11) is 0. The van der Waals surface area contributed by atoms with Gasteiger partial charge in [0.2, 0.25) is 0 Å². The topological polar surface area (TPSA) is 22.8 Å². The normalized spacial score (nSPS) is 11.8. The molecule has 0 saturated heterocycles. The summed E-state index contributed by atoms with van der Waals surface area (Å²) in [6, 6.07) is 42.1. The molecule has 0 N–H and O–H groups in total. The van der Waals surface area contributed by atoms with Crippen LogP contribution >= 0.6 is 0 Å². The molecule has 3 heterocycles. The first kappa shape index (κ1) is 23.7. The zero-order chi connectivity index (χ0) is 27.7. The second-order valence-corrected chi connectivity index (χ2v) is 11.2. The van der Waals surface area contributed by atoms with Gasteiger partial charge in [0.25, 0.3) is 0 Å². The molecule has 3 aromatic heterocycles. The van der Waals surface area contributed by atoms with Gasteiger partial charge in [-0.2, -0.15) is 0 Å². The Balaban J connectivity index is 1.51. The molecule has 0 unspecified atom stereocenters. The molecule has 196 valence electrons. The van der Waals surface area contributed by atoms with E-state index in [2.05, 4.69) is 138 Å². The van der Waals surface area contributed by atoms with Crippen LogP contribution in [0.2, 0.25) is 0 Å². The van der Waals surface area contributed by atoms with Crippen molar-refractivity contribution >= 4 is 43.6 Å². The van der Waals surface area contributed by atoms with Crippen LogP contribution in [0.15, 0.2) is 121 Å². The molecule has 0 aliphatic heterocycles. The maximum Gasteiger partial charge on any atom is 0.0702 e. The van der Waals surface area contributed by atoms with E-state index < -0.39 is 0 Å². The number of benzene rings is 5. The van der Waals surface area contributed by atoms with Crippen molar-refractivity contribution in [3.05, 3.63) is 138 Å². The smallest absolute Gasteiger partial charge is 0.0702 e. The molecule has 0 bridgehead atoms. The number of nitrogens with zero attached hydrogens (tertiary/aromatic N) is 3. The van der Waals surface area contributed by atoms with Crippen LogP contribution in [0.1, 0.15) is 16.7 Å². The maximum absolute atomic E-state index is 4.62. The molecular weight excluding hydrogens is 498 g/mol. The summed E-state index contributed by atoms with van der Waals surface area (Å²) in [6.45, 7) is 6.49. The molecule has 0 radical (unpaired) electrons. The molecule has 0 spiro atoms. The predicted octanol–water partition coefficient (Wildman–Crippen LogP) is 9.87. The molecule has 0 aliphatic rings. The highest BCUT2D eigenvalue weighted by Crippen LogP contribution is 2.40. The minimum Gasteiger partial charge on any atom is -0.309 e. The van der Waals surface area contributed by atoms with E-state index in [9.17, 15) is 0 Å². The molecule has 0 aliphatic carbocycles. The lowest BCUT2D eigenvalue weighted by Crippen LogP contribution is -1.96. The number of hydrogen-bond donors (Lipinski definition) is 0. The van der Waals surface area contributed by atoms with Crippen molar-refractivity contribution in [2.45, 2.75) is 20.8 Å². The van der Waals surface area contributed by atoms with Gasteiger partial charge in [0, 0.05) is 44.7 Å². The van der Waals surface area contributed by atoms with Gasteiger partial charge in [0.1, 0.15) is 0 Å². The van der Waals surface area contributed by atoms with Gasteiger partial charge in [-0.3, -0.25) is 4.98 Å². The lowest BCUT2D eigenvalue weighted by atomic mass is 10.1. The average Bonchev–Trinajstić information content (AvgIpc) is 3.48. The number of aromatic nitrogens is 3. The van der Waals surface area contributed by atoms with Gasteiger partial charge in [-0.15, -0.1) is 0 Å². The first-order valence-electron chi connectivity index (χ1n) is 14.1. The Morgan fingerprint density at radius 1 is 0.439 bits per heavy atom. The van der Waals surface area contributed by atoms with Gasteiger partial charge in [-0.25, -0.2) is 0 Å². The van der Waals surface area contributed by atoms with E-state index in [1.165, 1.54) is 66.0 Å². The Morgan fingerprint density at radius 2 is 1.05 bits per heavy atom. The van der Waals surface area contributed by atoms with Crippen molar-refractivity contribution in [1.82, 2.24) is 14.1 Å². The molecule has 5 aromatic carbocycles. The third-order valence-electron chi connectivity index (χ3n) is 8.32. The van der Waals surface area contributed by atoms with Crippen molar-refractivity contribution in [1.29, 1.82) is 0 Å². The minimum absolute atomic E-state index is 0.975. The van der Waals surface area contributed by atoms with Crippen LogP contribution in [-0.4, -0.2) is 14.1 Å². The fourth-order valence-electron chi connectivity index (χ4n) is 6.35. The van der Waals surface area contributed by atoms with Crippen LogP contribution in [0.4, 0.5) is 0 Å². The molecule has 3 heteroatoms. The molecular formula is C38H29N3. The molecule has 8 aromatic rings. The van der Waals surface area contributed by atoms with E-state index in [0.717, 1.165) is 16.9 Å². The Bertz CT molecular complexity index is 2270. The second kappa shape index (κ2) is 8.94. The van der Waals surface area contributed by atoms with E-state index >= 15 is 0 Å². The van der Waals surface area contributed by atoms with Gasteiger partial charge in [-0.05, 0) is 93.6 Å².